The second-order valence-corrected chi connectivity index (χ2v) is 9.05. The van der Waals surface area contributed by atoms with Crippen LogP contribution in [0.1, 0.15) is 56.8 Å². The zero-order chi connectivity index (χ0) is 21.0. The van der Waals surface area contributed by atoms with Crippen molar-refractivity contribution in [1.82, 2.24) is 10.3 Å². The summed E-state index contributed by atoms with van der Waals surface area (Å²) in [6.07, 6.45) is 5.97. The van der Waals surface area contributed by atoms with E-state index < -0.39 is 5.60 Å². The zero-order valence-corrected chi connectivity index (χ0v) is 17.9. The number of hydrogen-bond acceptors (Lipinski definition) is 5. The lowest BCUT2D eigenvalue weighted by atomic mass is 9.85. The molecule has 6 nitrogen and oxygen atoms in total. The standard InChI is InChI=1S/C22H28ClN3O3/c1-22(2,3)29-21(28)25-11-14-4-7-17(8-5-14)26-20-15(13-27)12-24-19-9-6-16(23)10-18(19)20/h6,9-10,12-14,17H,4-5,7-8,11H2,1-3H3,(H,24,26)(H,25,28). The Bertz CT molecular complexity index is 887. The molecule has 29 heavy (non-hydrogen) atoms. The van der Waals surface area contributed by atoms with Crippen LogP contribution >= 0.6 is 11.6 Å². The summed E-state index contributed by atoms with van der Waals surface area (Å²) in [5.74, 6) is 0.426. The van der Waals surface area contributed by atoms with Gasteiger partial charge in [0.25, 0.3) is 0 Å². The Balaban J connectivity index is 1.59. The maximum Gasteiger partial charge on any atom is 0.407 e. The van der Waals surface area contributed by atoms with Crippen LogP contribution in [0, 0.1) is 5.92 Å². The third kappa shape index (κ3) is 5.82. The van der Waals surface area contributed by atoms with Crippen molar-refractivity contribution in [2.45, 2.75) is 58.1 Å². The molecule has 2 aromatic rings. The third-order valence-electron chi connectivity index (χ3n) is 5.12. The summed E-state index contributed by atoms with van der Waals surface area (Å²) in [6, 6.07) is 5.76. The van der Waals surface area contributed by atoms with Gasteiger partial charge in [-0.25, -0.2) is 4.79 Å². The third-order valence-corrected chi connectivity index (χ3v) is 5.35. The number of rotatable bonds is 5. The van der Waals surface area contributed by atoms with Gasteiger partial charge in [0.05, 0.1) is 16.8 Å². The Hall–Kier alpha value is -2.34. The predicted octanol–water partition coefficient (Wildman–Crippen LogP) is 5.20. The van der Waals surface area contributed by atoms with Crippen LogP contribution < -0.4 is 10.6 Å². The van der Waals surface area contributed by atoms with Gasteiger partial charge in [0, 0.05) is 29.2 Å². The van der Waals surface area contributed by atoms with E-state index in [9.17, 15) is 9.59 Å². The Morgan fingerprint density at radius 2 is 2.00 bits per heavy atom. The Morgan fingerprint density at radius 1 is 1.28 bits per heavy atom. The number of alkyl carbamates (subject to hydrolysis) is 1. The van der Waals surface area contributed by atoms with Crippen LogP contribution in [0.15, 0.2) is 24.4 Å². The lowest BCUT2D eigenvalue weighted by molar-refractivity contribution is 0.0515. The van der Waals surface area contributed by atoms with Gasteiger partial charge in [-0.05, 0) is 70.6 Å². The van der Waals surface area contributed by atoms with Crippen LogP contribution in [0.5, 0.6) is 0 Å². The van der Waals surface area contributed by atoms with Crippen molar-refractivity contribution in [3.8, 4) is 0 Å². The normalized spacial score (nSPS) is 19.6. The van der Waals surface area contributed by atoms with Crippen molar-refractivity contribution in [3.63, 3.8) is 0 Å². The first-order chi connectivity index (χ1) is 13.7. The minimum Gasteiger partial charge on any atom is -0.444 e. The predicted molar refractivity (Wildman–Crippen MR) is 116 cm³/mol. The van der Waals surface area contributed by atoms with Gasteiger partial charge in [-0.15, -0.1) is 0 Å². The summed E-state index contributed by atoms with van der Waals surface area (Å²) < 4.78 is 5.29. The van der Waals surface area contributed by atoms with Crippen LogP contribution in [-0.2, 0) is 4.74 Å². The summed E-state index contributed by atoms with van der Waals surface area (Å²) in [7, 11) is 0. The largest absolute Gasteiger partial charge is 0.444 e. The molecule has 1 aliphatic carbocycles. The van der Waals surface area contributed by atoms with Crippen LogP contribution in [0.3, 0.4) is 0 Å². The number of fused-ring (bicyclic) bond motifs is 1. The molecule has 0 bridgehead atoms. The van der Waals surface area contributed by atoms with Crippen molar-refractivity contribution in [2.75, 3.05) is 11.9 Å². The van der Waals surface area contributed by atoms with Gasteiger partial charge in [0.2, 0.25) is 0 Å². The number of aldehydes is 1. The number of nitrogens with one attached hydrogen (secondary N) is 2. The van der Waals surface area contributed by atoms with Crippen LogP contribution in [0.25, 0.3) is 10.9 Å². The summed E-state index contributed by atoms with van der Waals surface area (Å²) in [6.45, 7) is 6.18. The zero-order valence-electron chi connectivity index (χ0n) is 17.1. The van der Waals surface area contributed by atoms with Crippen molar-refractivity contribution in [1.29, 1.82) is 0 Å². The van der Waals surface area contributed by atoms with E-state index in [1.54, 1.807) is 12.3 Å². The number of nitrogens with zero attached hydrogens (tertiary/aromatic N) is 1. The van der Waals surface area contributed by atoms with Gasteiger partial charge >= 0.3 is 6.09 Å². The second kappa shape index (κ2) is 8.99. The van der Waals surface area contributed by atoms with Crippen molar-refractivity contribution in [3.05, 3.63) is 35.0 Å². The highest BCUT2D eigenvalue weighted by molar-refractivity contribution is 6.31. The van der Waals surface area contributed by atoms with Crippen LogP contribution in [0.2, 0.25) is 5.02 Å². The van der Waals surface area contributed by atoms with E-state index in [1.165, 1.54) is 0 Å². The topological polar surface area (TPSA) is 80.3 Å². The first kappa shape index (κ1) is 21.4. The fourth-order valence-corrected chi connectivity index (χ4v) is 3.86. The fourth-order valence-electron chi connectivity index (χ4n) is 3.69. The van der Waals surface area contributed by atoms with Gasteiger partial charge < -0.3 is 15.4 Å². The average Bonchev–Trinajstić information content (AvgIpc) is 2.66. The molecular weight excluding hydrogens is 390 g/mol. The molecule has 1 aromatic heterocycles. The van der Waals surface area contributed by atoms with Gasteiger partial charge in [0.15, 0.2) is 6.29 Å². The molecule has 0 atom stereocenters. The highest BCUT2D eigenvalue weighted by Gasteiger charge is 2.24. The first-order valence-electron chi connectivity index (χ1n) is 10.0. The van der Waals surface area contributed by atoms with E-state index in [0.29, 0.717) is 23.0 Å². The summed E-state index contributed by atoms with van der Waals surface area (Å²) in [4.78, 5) is 27.7. The van der Waals surface area contributed by atoms with Crippen LogP contribution in [0.4, 0.5) is 10.5 Å². The molecule has 1 amide bonds. The molecule has 1 aromatic carbocycles. The molecule has 156 valence electrons. The smallest absolute Gasteiger partial charge is 0.407 e. The quantitative estimate of drug-likeness (QED) is 0.654. The number of carbonyl (C=O) groups excluding carboxylic acids is 2. The molecule has 1 fully saturated rings. The van der Waals surface area contributed by atoms with E-state index in [2.05, 4.69) is 15.6 Å². The van der Waals surface area contributed by atoms with Crippen molar-refractivity contribution < 1.29 is 14.3 Å². The number of aromatic nitrogens is 1. The second-order valence-electron chi connectivity index (χ2n) is 8.61. The number of ether oxygens (including phenoxy) is 1. The average molecular weight is 418 g/mol. The molecule has 0 unspecified atom stereocenters. The number of anilines is 1. The van der Waals surface area contributed by atoms with Gasteiger partial charge in [0.1, 0.15) is 5.60 Å². The molecule has 1 aliphatic rings. The minimum atomic E-state index is -0.488. The van der Waals surface area contributed by atoms with Crippen molar-refractivity contribution >= 4 is 40.6 Å². The molecule has 1 saturated carbocycles. The Morgan fingerprint density at radius 3 is 2.66 bits per heavy atom. The number of amides is 1. The first-order valence-corrected chi connectivity index (χ1v) is 10.4. The number of benzene rings is 1. The van der Waals surface area contributed by atoms with E-state index >= 15 is 0 Å². The summed E-state index contributed by atoms with van der Waals surface area (Å²) >= 11 is 6.16. The van der Waals surface area contributed by atoms with Gasteiger partial charge in [-0.1, -0.05) is 11.6 Å². The molecular formula is C22H28ClN3O3. The highest BCUT2D eigenvalue weighted by Crippen LogP contribution is 2.32. The van der Waals surface area contributed by atoms with E-state index in [1.807, 2.05) is 32.9 Å². The van der Waals surface area contributed by atoms with E-state index in [-0.39, 0.29) is 12.1 Å². The summed E-state index contributed by atoms with van der Waals surface area (Å²) in [5.41, 5.74) is 1.65. The number of hydrogen-bond donors (Lipinski definition) is 2. The number of halogens is 1. The molecule has 1 heterocycles. The number of carbonyl (C=O) groups is 2. The van der Waals surface area contributed by atoms with Gasteiger partial charge in [-0.3, -0.25) is 9.78 Å². The lowest BCUT2D eigenvalue weighted by Gasteiger charge is -2.30. The SMILES string of the molecule is CC(C)(C)OC(=O)NCC1CCC(Nc2c(C=O)cnc3ccc(Cl)cc23)CC1. The lowest BCUT2D eigenvalue weighted by Crippen LogP contribution is -2.37. The molecule has 0 spiro atoms. The molecule has 0 aliphatic heterocycles. The van der Waals surface area contributed by atoms with E-state index in [4.69, 9.17) is 16.3 Å². The monoisotopic (exact) mass is 417 g/mol. The molecule has 7 heteroatoms. The maximum atomic E-state index is 11.8. The minimum absolute atomic E-state index is 0.260. The molecule has 0 radical (unpaired) electrons. The van der Waals surface area contributed by atoms with E-state index in [0.717, 1.165) is 48.6 Å². The molecule has 0 saturated heterocycles. The van der Waals surface area contributed by atoms with Gasteiger partial charge in [-0.2, -0.15) is 0 Å². The fraction of sp³-hybridized carbons (Fsp3) is 0.500. The number of pyridine rings is 1. The molecule has 3 rings (SSSR count). The summed E-state index contributed by atoms with van der Waals surface area (Å²) in [5, 5.41) is 7.89. The Labute approximate surface area is 176 Å². The molecule has 2 N–H and O–H groups in total. The Kier molecular flexibility index (Phi) is 6.63. The highest BCUT2D eigenvalue weighted by atomic mass is 35.5. The van der Waals surface area contributed by atoms with Crippen LogP contribution in [-0.4, -0.2) is 35.6 Å². The maximum absolute atomic E-state index is 11.8. The van der Waals surface area contributed by atoms with Crippen molar-refractivity contribution in [2.24, 2.45) is 5.92 Å².